The molecule has 0 bridgehead atoms. The molecule has 0 unspecified atom stereocenters. The molecule has 1 aromatic carbocycles. The molecule has 0 aliphatic carbocycles. The molecule has 0 aliphatic rings. The maximum Gasteiger partial charge on any atom is 0.236 e. The largest absolute Gasteiger partial charge is 0.392 e. The lowest BCUT2D eigenvalue weighted by Crippen LogP contribution is -2.40. The average Bonchev–Trinajstić information content (AvgIpc) is 2.26. The number of carbonyl (C=O) groups is 2. The minimum absolute atomic E-state index is 0.126. The molecule has 5 N–H and O–H groups in total. The Labute approximate surface area is 105 Å². The summed E-state index contributed by atoms with van der Waals surface area (Å²) in [5.41, 5.74) is 12.4. The van der Waals surface area contributed by atoms with E-state index in [1.807, 2.05) is 13.0 Å². The van der Waals surface area contributed by atoms with Crippen LogP contribution in [0.15, 0.2) is 18.2 Å². The van der Waals surface area contributed by atoms with Crippen LogP contribution in [0.2, 0.25) is 0 Å². The first-order chi connectivity index (χ1) is 8.43. The minimum atomic E-state index is -0.569. The molecule has 0 saturated carbocycles. The Morgan fingerprint density at radius 2 is 1.78 bits per heavy atom. The van der Waals surface area contributed by atoms with Crippen LogP contribution < -0.4 is 16.4 Å². The number of aliphatic hydroxyl groups is 1. The van der Waals surface area contributed by atoms with Gasteiger partial charge in [-0.25, -0.2) is 0 Å². The first kappa shape index (κ1) is 14.0. The normalized spacial score (nSPS) is 10.1. The summed E-state index contributed by atoms with van der Waals surface area (Å²) in [4.78, 5) is 23.4. The molecule has 0 aromatic heterocycles. The van der Waals surface area contributed by atoms with Crippen molar-refractivity contribution >= 4 is 17.5 Å². The molecular weight excluding hydrogens is 234 g/mol. The molecular formula is C12H17N3O3. The Morgan fingerprint density at radius 3 is 2.22 bits per heavy atom. The Bertz CT molecular complexity index is 444. The average molecular weight is 251 g/mol. The highest BCUT2D eigenvalue weighted by atomic mass is 16.3. The number of carbonyl (C=O) groups excluding carboxylic acids is 2. The van der Waals surface area contributed by atoms with Gasteiger partial charge in [-0.15, -0.1) is 0 Å². The number of hydrogen-bond acceptors (Lipinski definition) is 4. The molecule has 1 rings (SSSR count). The SMILES string of the molecule is Cc1ccc(N(CC(N)=O)CC(N)=O)c(CO)c1. The van der Waals surface area contributed by atoms with Crippen molar-refractivity contribution in [2.75, 3.05) is 18.0 Å². The zero-order valence-electron chi connectivity index (χ0n) is 10.2. The minimum Gasteiger partial charge on any atom is -0.392 e. The smallest absolute Gasteiger partial charge is 0.236 e. The van der Waals surface area contributed by atoms with Crippen molar-refractivity contribution < 1.29 is 14.7 Å². The highest BCUT2D eigenvalue weighted by molar-refractivity contribution is 5.85. The van der Waals surface area contributed by atoms with Crippen molar-refractivity contribution in [1.82, 2.24) is 0 Å². The first-order valence-corrected chi connectivity index (χ1v) is 5.46. The molecule has 6 nitrogen and oxygen atoms in total. The zero-order valence-corrected chi connectivity index (χ0v) is 10.2. The van der Waals surface area contributed by atoms with E-state index in [9.17, 15) is 14.7 Å². The summed E-state index contributed by atoms with van der Waals surface area (Å²) >= 11 is 0. The summed E-state index contributed by atoms with van der Waals surface area (Å²) in [5, 5.41) is 9.30. The third kappa shape index (κ3) is 3.74. The van der Waals surface area contributed by atoms with Crippen LogP contribution in [0.25, 0.3) is 0 Å². The van der Waals surface area contributed by atoms with Crippen LogP contribution in [0.1, 0.15) is 11.1 Å². The number of amides is 2. The Balaban J connectivity index is 3.10. The molecule has 0 saturated heterocycles. The van der Waals surface area contributed by atoms with Gasteiger partial charge in [-0.2, -0.15) is 0 Å². The number of nitrogens with two attached hydrogens (primary N) is 2. The standard InChI is InChI=1S/C12H17N3O3/c1-8-2-3-10(9(4-8)7-16)15(5-11(13)17)6-12(14)18/h2-4,16H,5-7H2,1H3,(H2,13,17)(H2,14,18). The number of aryl methyl sites for hydroxylation is 1. The number of aliphatic hydroxyl groups excluding tert-OH is 1. The predicted octanol–water partition coefficient (Wildman–Crippen LogP) is -0.736. The molecule has 1 aromatic rings. The third-order valence-corrected chi connectivity index (χ3v) is 2.44. The summed E-state index contributed by atoms with van der Waals surface area (Å²) in [5.74, 6) is -1.14. The number of hydrogen-bond donors (Lipinski definition) is 3. The summed E-state index contributed by atoms with van der Waals surface area (Å²) in [6.45, 7) is 1.44. The molecule has 0 fully saturated rings. The van der Waals surface area contributed by atoms with Gasteiger partial charge in [0.05, 0.1) is 19.7 Å². The second-order valence-corrected chi connectivity index (χ2v) is 4.08. The maximum absolute atomic E-state index is 11.0. The molecule has 0 radical (unpaired) electrons. The van der Waals surface area contributed by atoms with Gasteiger partial charge >= 0.3 is 0 Å². The fourth-order valence-corrected chi connectivity index (χ4v) is 1.75. The molecule has 2 amide bonds. The molecule has 0 aliphatic heterocycles. The van der Waals surface area contributed by atoms with Gasteiger partial charge < -0.3 is 21.5 Å². The topological polar surface area (TPSA) is 110 Å². The third-order valence-electron chi connectivity index (χ3n) is 2.44. The summed E-state index contributed by atoms with van der Waals surface area (Å²) in [6.07, 6.45) is 0. The second-order valence-electron chi connectivity index (χ2n) is 4.08. The van der Waals surface area contributed by atoms with E-state index < -0.39 is 11.8 Å². The van der Waals surface area contributed by atoms with E-state index in [2.05, 4.69) is 0 Å². The Kier molecular flexibility index (Phi) is 4.67. The molecule has 6 heteroatoms. The molecule has 0 atom stereocenters. The summed E-state index contributed by atoms with van der Waals surface area (Å²) in [7, 11) is 0. The lowest BCUT2D eigenvalue weighted by Gasteiger charge is -2.24. The van der Waals surface area contributed by atoms with Crippen LogP contribution in [-0.2, 0) is 16.2 Å². The zero-order chi connectivity index (χ0) is 13.7. The van der Waals surface area contributed by atoms with Crippen LogP contribution in [0.5, 0.6) is 0 Å². The van der Waals surface area contributed by atoms with Gasteiger partial charge in [-0.3, -0.25) is 9.59 Å². The van der Waals surface area contributed by atoms with Gasteiger partial charge in [0.1, 0.15) is 0 Å². The van der Waals surface area contributed by atoms with Crippen molar-refractivity contribution in [2.45, 2.75) is 13.5 Å². The number of nitrogens with zero attached hydrogens (tertiary/aromatic N) is 1. The van der Waals surface area contributed by atoms with Gasteiger partial charge in [0.15, 0.2) is 0 Å². The highest BCUT2D eigenvalue weighted by Gasteiger charge is 2.15. The van der Waals surface area contributed by atoms with E-state index in [-0.39, 0.29) is 19.7 Å². The number of benzene rings is 1. The molecule has 98 valence electrons. The van der Waals surface area contributed by atoms with Crippen LogP contribution in [0, 0.1) is 6.92 Å². The Hall–Kier alpha value is -2.08. The summed E-state index contributed by atoms with van der Waals surface area (Å²) in [6, 6.07) is 5.33. The van der Waals surface area contributed by atoms with Crippen molar-refractivity contribution in [3.63, 3.8) is 0 Å². The predicted molar refractivity (Wildman–Crippen MR) is 67.7 cm³/mol. The lowest BCUT2D eigenvalue weighted by molar-refractivity contribution is -0.117. The van der Waals surface area contributed by atoms with Crippen molar-refractivity contribution in [1.29, 1.82) is 0 Å². The van der Waals surface area contributed by atoms with Crippen LogP contribution in [0.4, 0.5) is 5.69 Å². The van der Waals surface area contributed by atoms with E-state index in [1.54, 1.807) is 12.1 Å². The fraction of sp³-hybridized carbons (Fsp3) is 0.333. The molecule has 18 heavy (non-hydrogen) atoms. The fourth-order valence-electron chi connectivity index (χ4n) is 1.75. The van der Waals surface area contributed by atoms with Crippen LogP contribution >= 0.6 is 0 Å². The lowest BCUT2D eigenvalue weighted by atomic mass is 10.1. The van der Waals surface area contributed by atoms with Crippen molar-refractivity contribution in [3.05, 3.63) is 29.3 Å². The van der Waals surface area contributed by atoms with Gasteiger partial charge in [-0.05, 0) is 13.0 Å². The van der Waals surface area contributed by atoms with Gasteiger partial charge in [0, 0.05) is 11.3 Å². The highest BCUT2D eigenvalue weighted by Crippen LogP contribution is 2.21. The van der Waals surface area contributed by atoms with Crippen LogP contribution in [0.3, 0.4) is 0 Å². The van der Waals surface area contributed by atoms with Gasteiger partial charge in [0.2, 0.25) is 11.8 Å². The quantitative estimate of drug-likeness (QED) is 0.618. The van der Waals surface area contributed by atoms with Crippen molar-refractivity contribution in [2.24, 2.45) is 11.5 Å². The molecule has 0 heterocycles. The molecule has 0 spiro atoms. The van der Waals surface area contributed by atoms with E-state index in [4.69, 9.17) is 11.5 Å². The number of rotatable bonds is 6. The van der Waals surface area contributed by atoms with E-state index in [0.29, 0.717) is 11.3 Å². The van der Waals surface area contributed by atoms with E-state index in [1.165, 1.54) is 4.90 Å². The van der Waals surface area contributed by atoms with E-state index >= 15 is 0 Å². The number of anilines is 1. The summed E-state index contributed by atoms with van der Waals surface area (Å²) < 4.78 is 0. The van der Waals surface area contributed by atoms with Crippen molar-refractivity contribution in [3.8, 4) is 0 Å². The second kappa shape index (κ2) is 6.02. The van der Waals surface area contributed by atoms with E-state index in [0.717, 1.165) is 5.56 Å². The van der Waals surface area contributed by atoms with Crippen LogP contribution in [-0.4, -0.2) is 30.0 Å². The van der Waals surface area contributed by atoms with Gasteiger partial charge in [0.25, 0.3) is 0 Å². The maximum atomic E-state index is 11.0. The monoisotopic (exact) mass is 251 g/mol. The van der Waals surface area contributed by atoms with Gasteiger partial charge in [-0.1, -0.05) is 17.7 Å². The number of primary amides is 2. The Morgan fingerprint density at radius 1 is 1.22 bits per heavy atom. The first-order valence-electron chi connectivity index (χ1n) is 5.46.